The van der Waals surface area contributed by atoms with Crippen LogP contribution in [0.3, 0.4) is 0 Å². The van der Waals surface area contributed by atoms with E-state index < -0.39 is 17.6 Å². The van der Waals surface area contributed by atoms with Crippen LogP contribution in [0.2, 0.25) is 0 Å². The largest absolute Gasteiger partial charge is 0.478 e. The average Bonchev–Trinajstić information content (AvgIpc) is 2.29. The number of carbonyl (C=O) groups is 2. The maximum atomic E-state index is 11.2. The number of hydrogen-bond donors (Lipinski definition) is 2. The number of carboxylic acid groups (broad SMARTS) is 1. The van der Waals surface area contributed by atoms with Crippen LogP contribution in [0, 0.1) is 0 Å². The lowest BCUT2D eigenvalue weighted by molar-refractivity contribution is 0.0696. The minimum Gasteiger partial charge on any atom is -0.478 e. The molecule has 0 aliphatic carbocycles. The minimum atomic E-state index is -0.978. The third kappa shape index (κ3) is 2.22. The van der Waals surface area contributed by atoms with E-state index in [1.54, 1.807) is 18.2 Å². The Hall–Kier alpha value is -2.04. The minimum absolute atomic E-state index is 0.212. The maximum absolute atomic E-state index is 11.2. The van der Waals surface area contributed by atoms with Crippen molar-refractivity contribution in [2.75, 3.05) is 6.61 Å². The molecule has 1 unspecified atom stereocenters. The van der Waals surface area contributed by atoms with Crippen LogP contribution in [0.4, 0.5) is 4.79 Å². The summed E-state index contributed by atoms with van der Waals surface area (Å²) in [5, 5.41) is 11.7. The van der Waals surface area contributed by atoms with Crippen molar-refractivity contribution in [3.8, 4) is 0 Å². The van der Waals surface area contributed by atoms with Gasteiger partial charge in [-0.05, 0) is 24.6 Å². The molecule has 1 atom stereocenters. The lowest BCUT2D eigenvalue weighted by Crippen LogP contribution is -2.48. The van der Waals surface area contributed by atoms with Crippen LogP contribution in [0.25, 0.3) is 0 Å². The summed E-state index contributed by atoms with van der Waals surface area (Å²) in [6.45, 7) is 2.19. The van der Waals surface area contributed by atoms with Gasteiger partial charge in [-0.3, -0.25) is 0 Å². The number of carbonyl (C=O) groups excluding carboxylic acids is 1. The quantitative estimate of drug-likeness (QED) is 0.818. The number of ether oxygens (including phenoxy) is 1. The molecule has 0 radical (unpaired) electrons. The van der Waals surface area contributed by atoms with Crippen LogP contribution in [0.15, 0.2) is 24.3 Å². The van der Waals surface area contributed by atoms with Gasteiger partial charge in [0.2, 0.25) is 0 Å². The zero-order valence-corrected chi connectivity index (χ0v) is 9.40. The van der Waals surface area contributed by atoms with Gasteiger partial charge in [0.15, 0.2) is 0 Å². The first kappa shape index (κ1) is 11.4. The molecule has 5 heteroatoms. The summed E-state index contributed by atoms with van der Waals surface area (Å²) in [6, 6.07) is 6.58. The molecule has 1 amide bonds. The number of aromatic carboxylic acids is 1. The molecule has 2 rings (SSSR count). The fourth-order valence-electron chi connectivity index (χ4n) is 1.88. The van der Waals surface area contributed by atoms with Gasteiger partial charge < -0.3 is 15.2 Å². The van der Waals surface area contributed by atoms with Gasteiger partial charge >= 0.3 is 12.1 Å². The Labute approximate surface area is 98.4 Å². The highest BCUT2D eigenvalue weighted by Crippen LogP contribution is 2.28. The van der Waals surface area contributed by atoms with Gasteiger partial charge in [0.25, 0.3) is 0 Å². The molecule has 1 aliphatic rings. The highest BCUT2D eigenvalue weighted by atomic mass is 16.6. The average molecular weight is 235 g/mol. The predicted octanol–water partition coefficient (Wildman–Crippen LogP) is 1.73. The smallest absolute Gasteiger partial charge is 0.407 e. The van der Waals surface area contributed by atoms with Crippen LogP contribution in [-0.4, -0.2) is 23.8 Å². The number of cyclic esters (lactones) is 1. The summed E-state index contributed by atoms with van der Waals surface area (Å²) in [4.78, 5) is 22.1. The van der Waals surface area contributed by atoms with Crippen LogP contribution >= 0.6 is 0 Å². The van der Waals surface area contributed by atoms with Crippen LogP contribution in [0.5, 0.6) is 0 Å². The second-order valence-corrected chi connectivity index (χ2v) is 4.23. The molecule has 1 aromatic carbocycles. The van der Waals surface area contributed by atoms with Gasteiger partial charge in [0, 0.05) is 6.42 Å². The van der Waals surface area contributed by atoms with E-state index in [1.165, 1.54) is 6.07 Å². The van der Waals surface area contributed by atoms with Crippen molar-refractivity contribution >= 4 is 12.1 Å². The van der Waals surface area contributed by atoms with Crippen molar-refractivity contribution in [1.82, 2.24) is 5.32 Å². The summed E-state index contributed by atoms with van der Waals surface area (Å²) >= 11 is 0. The van der Waals surface area contributed by atoms with E-state index in [1.807, 2.05) is 6.92 Å². The van der Waals surface area contributed by atoms with E-state index in [2.05, 4.69) is 5.32 Å². The molecular weight excluding hydrogens is 222 g/mol. The summed E-state index contributed by atoms with van der Waals surface area (Å²) in [5.41, 5.74) is 0.416. The first-order valence-corrected chi connectivity index (χ1v) is 5.30. The molecule has 0 spiro atoms. The van der Waals surface area contributed by atoms with Crippen LogP contribution < -0.4 is 5.32 Å². The molecule has 1 aliphatic heterocycles. The maximum Gasteiger partial charge on any atom is 0.407 e. The van der Waals surface area contributed by atoms with Crippen LogP contribution in [-0.2, 0) is 10.3 Å². The van der Waals surface area contributed by atoms with Gasteiger partial charge in [-0.15, -0.1) is 0 Å². The molecule has 1 fully saturated rings. The fourth-order valence-corrected chi connectivity index (χ4v) is 1.88. The number of benzene rings is 1. The van der Waals surface area contributed by atoms with E-state index >= 15 is 0 Å². The van der Waals surface area contributed by atoms with E-state index in [-0.39, 0.29) is 5.56 Å². The van der Waals surface area contributed by atoms with Gasteiger partial charge in [0.05, 0.1) is 17.7 Å². The number of hydrogen-bond acceptors (Lipinski definition) is 3. The normalized spacial score (nSPS) is 23.7. The number of carboxylic acids is 1. The molecule has 5 nitrogen and oxygen atoms in total. The van der Waals surface area contributed by atoms with Gasteiger partial charge in [0.1, 0.15) is 0 Å². The van der Waals surface area contributed by atoms with Crippen molar-refractivity contribution in [2.24, 2.45) is 0 Å². The van der Waals surface area contributed by atoms with E-state index in [9.17, 15) is 9.59 Å². The SMILES string of the molecule is CC1(c2cccc(C(=O)O)c2)CCOC(=O)N1. The number of nitrogens with one attached hydrogen (secondary N) is 1. The molecule has 1 aromatic rings. The molecule has 0 bridgehead atoms. The molecule has 0 saturated carbocycles. The number of alkyl carbamates (subject to hydrolysis) is 1. The molecule has 2 N–H and O–H groups in total. The van der Waals surface area contributed by atoms with E-state index in [0.717, 1.165) is 5.56 Å². The lowest BCUT2D eigenvalue weighted by Gasteiger charge is -2.34. The second-order valence-electron chi connectivity index (χ2n) is 4.23. The Morgan fingerprint density at radius 2 is 2.29 bits per heavy atom. The molecular formula is C12H13NO4. The zero-order chi connectivity index (χ0) is 12.5. The Bertz CT molecular complexity index is 471. The van der Waals surface area contributed by atoms with E-state index in [4.69, 9.17) is 9.84 Å². The van der Waals surface area contributed by atoms with Crippen molar-refractivity contribution in [3.63, 3.8) is 0 Å². The van der Waals surface area contributed by atoms with E-state index in [0.29, 0.717) is 13.0 Å². The summed E-state index contributed by atoms with van der Waals surface area (Å²) < 4.78 is 4.81. The Kier molecular flexibility index (Phi) is 2.75. The molecule has 1 saturated heterocycles. The fraction of sp³-hybridized carbons (Fsp3) is 0.333. The monoisotopic (exact) mass is 235 g/mol. The van der Waals surface area contributed by atoms with Crippen molar-refractivity contribution in [2.45, 2.75) is 18.9 Å². The van der Waals surface area contributed by atoms with Gasteiger partial charge in [-0.2, -0.15) is 0 Å². The first-order valence-electron chi connectivity index (χ1n) is 5.30. The summed E-state index contributed by atoms with van der Waals surface area (Å²) in [6.07, 6.45) is 0.140. The highest BCUT2D eigenvalue weighted by Gasteiger charge is 2.33. The van der Waals surface area contributed by atoms with Gasteiger partial charge in [-0.1, -0.05) is 12.1 Å². The van der Waals surface area contributed by atoms with Crippen molar-refractivity contribution in [3.05, 3.63) is 35.4 Å². The Balaban J connectivity index is 2.35. The predicted molar refractivity (Wildman–Crippen MR) is 59.9 cm³/mol. The van der Waals surface area contributed by atoms with Gasteiger partial charge in [-0.25, -0.2) is 9.59 Å². The standard InChI is InChI=1S/C12H13NO4/c1-12(5-6-17-11(16)13-12)9-4-2-3-8(7-9)10(14)15/h2-4,7H,5-6H2,1H3,(H,13,16)(H,14,15). The Morgan fingerprint density at radius 1 is 1.53 bits per heavy atom. The number of rotatable bonds is 2. The topological polar surface area (TPSA) is 75.6 Å². The van der Waals surface area contributed by atoms with Crippen molar-refractivity contribution < 1.29 is 19.4 Å². The third-order valence-electron chi connectivity index (χ3n) is 2.96. The molecule has 90 valence electrons. The third-order valence-corrected chi connectivity index (χ3v) is 2.96. The Morgan fingerprint density at radius 3 is 2.94 bits per heavy atom. The van der Waals surface area contributed by atoms with Crippen molar-refractivity contribution in [1.29, 1.82) is 0 Å². The number of amides is 1. The second kappa shape index (κ2) is 4.08. The molecule has 1 heterocycles. The summed E-state index contributed by atoms with van der Waals surface area (Å²) in [5.74, 6) is -0.978. The molecule has 0 aromatic heterocycles. The molecule has 17 heavy (non-hydrogen) atoms. The highest BCUT2D eigenvalue weighted by molar-refractivity contribution is 5.87. The first-order chi connectivity index (χ1) is 8.01. The summed E-state index contributed by atoms with van der Waals surface area (Å²) in [7, 11) is 0. The lowest BCUT2D eigenvalue weighted by atomic mass is 9.87. The zero-order valence-electron chi connectivity index (χ0n) is 9.40. The van der Waals surface area contributed by atoms with Crippen LogP contribution in [0.1, 0.15) is 29.3 Å².